The lowest BCUT2D eigenvalue weighted by Crippen LogP contribution is -2.04. The summed E-state index contributed by atoms with van der Waals surface area (Å²) >= 11 is 1.61. The van der Waals surface area contributed by atoms with Crippen LogP contribution in [0.2, 0.25) is 0 Å². The standard InChI is InChI=1S/C17H18N4O2S/c1-22-15-7-3-13(4-8-15)11-21-17(18-19-20-21)24-12-14-5-9-16(23-2)10-6-14/h3-10H,11-12H2,1-2H3. The second-order valence-electron chi connectivity index (χ2n) is 5.10. The fourth-order valence-corrected chi connectivity index (χ4v) is 3.01. The third-order valence-corrected chi connectivity index (χ3v) is 4.55. The lowest BCUT2D eigenvalue weighted by atomic mass is 10.2. The molecule has 0 N–H and O–H groups in total. The summed E-state index contributed by atoms with van der Waals surface area (Å²) in [6.45, 7) is 0.627. The van der Waals surface area contributed by atoms with Crippen LogP contribution in [0.3, 0.4) is 0 Å². The Hall–Kier alpha value is -2.54. The molecule has 0 atom stereocenters. The Bertz CT molecular complexity index is 772. The molecule has 7 heteroatoms. The van der Waals surface area contributed by atoms with Crippen molar-refractivity contribution in [1.29, 1.82) is 0 Å². The van der Waals surface area contributed by atoms with Crippen LogP contribution in [0.4, 0.5) is 0 Å². The maximum Gasteiger partial charge on any atom is 0.209 e. The summed E-state index contributed by atoms with van der Waals surface area (Å²) in [6.07, 6.45) is 0. The Kier molecular flexibility index (Phi) is 5.32. The summed E-state index contributed by atoms with van der Waals surface area (Å²) in [4.78, 5) is 0. The topological polar surface area (TPSA) is 62.1 Å². The highest BCUT2D eigenvalue weighted by atomic mass is 32.2. The van der Waals surface area contributed by atoms with E-state index in [4.69, 9.17) is 9.47 Å². The zero-order valence-electron chi connectivity index (χ0n) is 13.5. The quantitative estimate of drug-likeness (QED) is 0.615. The van der Waals surface area contributed by atoms with Gasteiger partial charge in [-0.3, -0.25) is 0 Å². The van der Waals surface area contributed by atoms with E-state index in [9.17, 15) is 0 Å². The van der Waals surface area contributed by atoms with E-state index in [1.165, 1.54) is 5.56 Å². The SMILES string of the molecule is COc1ccc(CSc2nnnn2Cc2ccc(OC)cc2)cc1. The highest BCUT2D eigenvalue weighted by molar-refractivity contribution is 7.98. The van der Waals surface area contributed by atoms with Crippen LogP contribution in [-0.4, -0.2) is 34.4 Å². The lowest BCUT2D eigenvalue weighted by Gasteiger charge is -2.06. The first-order valence-electron chi connectivity index (χ1n) is 7.43. The number of rotatable bonds is 7. The van der Waals surface area contributed by atoms with Gasteiger partial charge in [0.25, 0.3) is 0 Å². The van der Waals surface area contributed by atoms with Crippen molar-refractivity contribution in [1.82, 2.24) is 20.2 Å². The number of hydrogen-bond acceptors (Lipinski definition) is 6. The molecule has 1 aromatic heterocycles. The first-order chi connectivity index (χ1) is 11.8. The van der Waals surface area contributed by atoms with E-state index in [0.717, 1.165) is 28.0 Å². The van der Waals surface area contributed by atoms with Crippen LogP contribution in [0.1, 0.15) is 11.1 Å². The number of ether oxygens (including phenoxy) is 2. The number of thioether (sulfide) groups is 1. The van der Waals surface area contributed by atoms with Gasteiger partial charge in [0.1, 0.15) is 11.5 Å². The zero-order valence-corrected chi connectivity index (χ0v) is 14.4. The van der Waals surface area contributed by atoms with E-state index < -0.39 is 0 Å². The van der Waals surface area contributed by atoms with Gasteiger partial charge in [-0.1, -0.05) is 36.0 Å². The van der Waals surface area contributed by atoms with Gasteiger partial charge in [-0.25, -0.2) is 4.68 Å². The van der Waals surface area contributed by atoms with E-state index in [1.54, 1.807) is 30.7 Å². The first kappa shape index (κ1) is 16.3. The van der Waals surface area contributed by atoms with Gasteiger partial charge in [-0.15, -0.1) is 5.10 Å². The Morgan fingerprint density at radius 3 is 2.04 bits per heavy atom. The maximum absolute atomic E-state index is 5.17. The van der Waals surface area contributed by atoms with E-state index >= 15 is 0 Å². The van der Waals surface area contributed by atoms with Gasteiger partial charge in [0.15, 0.2) is 0 Å². The molecular formula is C17H18N4O2S. The number of tetrazole rings is 1. The highest BCUT2D eigenvalue weighted by Gasteiger charge is 2.08. The van der Waals surface area contributed by atoms with Gasteiger partial charge in [-0.05, 0) is 45.8 Å². The Balaban J connectivity index is 1.63. The fourth-order valence-electron chi connectivity index (χ4n) is 2.17. The predicted octanol–water partition coefficient (Wildman–Crippen LogP) is 3.03. The lowest BCUT2D eigenvalue weighted by molar-refractivity contribution is 0.414. The predicted molar refractivity (Wildman–Crippen MR) is 92.5 cm³/mol. The molecule has 0 aliphatic rings. The molecule has 2 aromatic carbocycles. The third kappa shape index (κ3) is 4.05. The molecule has 1 heterocycles. The third-order valence-electron chi connectivity index (χ3n) is 3.52. The van der Waals surface area contributed by atoms with Gasteiger partial charge in [0.05, 0.1) is 20.8 Å². The Morgan fingerprint density at radius 2 is 1.46 bits per heavy atom. The molecule has 0 unspecified atom stereocenters. The van der Waals surface area contributed by atoms with Gasteiger partial charge < -0.3 is 9.47 Å². The summed E-state index contributed by atoms with van der Waals surface area (Å²) in [5.74, 6) is 2.49. The summed E-state index contributed by atoms with van der Waals surface area (Å²) < 4.78 is 12.1. The van der Waals surface area contributed by atoms with Gasteiger partial charge in [0, 0.05) is 5.75 Å². The molecule has 24 heavy (non-hydrogen) atoms. The van der Waals surface area contributed by atoms with Crippen LogP contribution >= 0.6 is 11.8 Å². The van der Waals surface area contributed by atoms with Crippen molar-refractivity contribution in [2.45, 2.75) is 17.5 Å². The smallest absolute Gasteiger partial charge is 0.209 e. The van der Waals surface area contributed by atoms with Crippen LogP contribution in [0.25, 0.3) is 0 Å². The molecule has 0 spiro atoms. The number of aromatic nitrogens is 4. The van der Waals surface area contributed by atoms with Crippen molar-refractivity contribution < 1.29 is 9.47 Å². The highest BCUT2D eigenvalue weighted by Crippen LogP contribution is 2.22. The largest absolute Gasteiger partial charge is 0.497 e. The molecule has 3 aromatic rings. The zero-order chi connectivity index (χ0) is 16.8. The molecule has 0 saturated carbocycles. The minimum atomic E-state index is 0.627. The minimum absolute atomic E-state index is 0.627. The first-order valence-corrected chi connectivity index (χ1v) is 8.42. The van der Waals surface area contributed by atoms with Crippen molar-refractivity contribution in [3.8, 4) is 11.5 Å². The van der Waals surface area contributed by atoms with E-state index in [1.807, 2.05) is 48.5 Å². The van der Waals surface area contributed by atoms with E-state index in [0.29, 0.717) is 6.54 Å². The fraction of sp³-hybridized carbons (Fsp3) is 0.235. The molecule has 0 amide bonds. The molecule has 0 bridgehead atoms. The number of methoxy groups -OCH3 is 2. The normalized spacial score (nSPS) is 10.6. The Labute approximate surface area is 144 Å². The summed E-state index contributed by atoms with van der Waals surface area (Å²) in [6, 6.07) is 15.9. The molecule has 124 valence electrons. The summed E-state index contributed by atoms with van der Waals surface area (Å²) in [5.41, 5.74) is 2.31. The second kappa shape index (κ2) is 7.83. The van der Waals surface area contributed by atoms with Gasteiger partial charge in [-0.2, -0.15) is 0 Å². The molecule has 0 saturated heterocycles. The average Bonchev–Trinajstić information content (AvgIpc) is 3.08. The molecule has 3 rings (SSSR count). The van der Waals surface area contributed by atoms with Crippen LogP contribution < -0.4 is 9.47 Å². The van der Waals surface area contributed by atoms with Crippen LogP contribution in [0.5, 0.6) is 11.5 Å². The number of hydrogen-bond donors (Lipinski definition) is 0. The van der Waals surface area contributed by atoms with E-state index in [-0.39, 0.29) is 0 Å². The summed E-state index contributed by atoms with van der Waals surface area (Å²) in [7, 11) is 3.32. The van der Waals surface area contributed by atoms with Crippen LogP contribution in [0.15, 0.2) is 53.7 Å². The molecule has 0 radical (unpaired) electrons. The van der Waals surface area contributed by atoms with Crippen molar-refractivity contribution in [2.75, 3.05) is 14.2 Å². The van der Waals surface area contributed by atoms with Crippen LogP contribution in [-0.2, 0) is 12.3 Å². The molecular weight excluding hydrogens is 324 g/mol. The molecule has 0 aliphatic carbocycles. The van der Waals surface area contributed by atoms with Gasteiger partial charge >= 0.3 is 0 Å². The molecule has 6 nitrogen and oxygen atoms in total. The number of nitrogens with zero attached hydrogens (tertiary/aromatic N) is 4. The maximum atomic E-state index is 5.17. The van der Waals surface area contributed by atoms with Crippen LogP contribution in [0, 0.1) is 0 Å². The van der Waals surface area contributed by atoms with Crippen molar-refractivity contribution in [3.63, 3.8) is 0 Å². The minimum Gasteiger partial charge on any atom is -0.497 e. The molecule has 0 aliphatic heterocycles. The Morgan fingerprint density at radius 1 is 0.875 bits per heavy atom. The summed E-state index contributed by atoms with van der Waals surface area (Å²) in [5, 5.41) is 12.8. The monoisotopic (exact) mass is 342 g/mol. The van der Waals surface area contributed by atoms with Crippen molar-refractivity contribution in [3.05, 3.63) is 59.7 Å². The second-order valence-corrected chi connectivity index (χ2v) is 6.05. The molecule has 0 fully saturated rings. The van der Waals surface area contributed by atoms with Gasteiger partial charge in [0.2, 0.25) is 5.16 Å². The van der Waals surface area contributed by atoms with E-state index in [2.05, 4.69) is 15.5 Å². The van der Waals surface area contributed by atoms with Crippen molar-refractivity contribution in [2.24, 2.45) is 0 Å². The van der Waals surface area contributed by atoms with Crippen molar-refractivity contribution >= 4 is 11.8 Å². The average molecular weight is 342 g/mol. The number of benzene rings is 2.